The lowest BCUT2D eigenvalue weighted by atomic mass is 9.85. The predicted octanol–water partition coefficient (Wildman–Crippen LogP) is 4.04. The molecule has 2 N–H and O–H groups in total. The third-order valence-electron chi connectivity index (χ3n) is 4.26. The van der Waals surface area contributed by atoms with Crippen LogP contribution >= 0.6 is 11.6 Å². The number of aliphatic hydroxyl groups is 1. The third kappa shape index (κ3) is 3.29. The molecule has 1 saturated heterocycles. The maximum atomic E-state index is 10.8. The summed E-state index contributed by atoms with van der Waals surface area (Å²) >= 11 is 5.97. The largest absolute Gasteiger partial charge is 0.388 e. The molecular formula is C18H20ClNO. The summed E-state index contributed by atoms with van der Waals surface area (Å²) in [7, 11) is 0. The smallest absolute Gasteiger partial charge is 0.0825 e. The number of hydrogen-bond acceptors (Lipinski definition) is 2. The third-order valence-corrected chi connectivity index (χ3v) is 4.52. The highest BCUT2D eigenvalue weighted by atomic mass is 35.5. The first-order valence-electron chi connectivity index (χ1n) is 7.49. The Morgan fingerprint density at radius 1 is 1.00 bits per heavy atom. The minimum atomic E-state index is -0.404. The molecule has 0 aromatic heterocycles. The summed E-state index contributed by atoms with van der Waals surface area (Å²) in [5.41, 5.74) is 3.22. The molecule has 3 rings (SSSR count). The van der Waals surface area contributed by atoms with Crippen molar-refractivity contribution in [2.45, 2.75) is 18.9 Å². The van der Waals surface area contributed by atoms with Crippen LogP contribution in [0.2, 0.25) is 5.02 Å². The van der Waals surface area contributed by atoms with Crippen molar-refractivity contribution in [2.24, 2.45) is 5.92 Å². The van der Waals surface area contributed by atoms with E-state index in [1.165, 1.54) is 0 Å². The van der Waals surface area contributed by atoms with Gasteiger partial charge in [0.25, 0.3) is 0 Å². The number of piperidine rings is 1. The molecule has 0 bridgehead atoms. The molecular weight excluding hydrogens is 282 g/mol. The van der Waals surface area contributed by atoms with Gasteiger partial charge in [0.1, 0.15) is 0 Å². The fourth-order valence-corrected chi connectivity index (χ4v) is 3.19. The van der Waals surface area contributed by atoms with Crippen molar-refractivity contribution in [2.75, 3.05) is 13.1 Å². The summed E-state index contributed by atoms with van der Waals surface area (Å²) in [6, 6.07) is 15.9. The van der Waals surface area contributed by atoms with Crippen LogP contribution in [0.3, 0.4) is 0 Å². The van der Waals surface area contributed by atoms with Gasteiger partial charge in [0.2, 0.25) is 0 Å². The lowest BCUT2D eigenvalue weighted by Gasteiger charge is -2.28. The first kappa shape index (κ1) is 14.6. The van der Waals surface area contributed by atoms with Gasteiger partial charge in [0, 0.05) is 5.02 Å². The fourth-order valence-electron chi connectivity index (χ4n) is 3.06. The highest BCUT2D eigenvalue weighted by molar-refractivity contribution is 6.30. The van der Waals surface area contributed by atoms with Crippen molar-refractivity contribution in [3.63, 3.8) is 0 Å². The standard InChI is InChI=1S/C18H20ClNO/c19-15-7-5-13(6-8-15)16-3-1-2-4-17(16)18(21)14-9-11-20-12-10-14/h1-8,14,18,20-21H,9-12H2/t18-/m1/s1. The Kier molecular flexibility index (Phi) is 4.59. The second kappa shape index (κ2) is 6.61. The van der Waals surface area contributed by atoms with Gasteiger partial charge in [-0.15, -0.1) is 0 Å². The Morgan fingerprint density at radius 3 is 2.38 bits per heavy atom. The van der Waals surface area contributed by atoms with E-state index in [1.54, 1.807) is 0 Å². The highest BCUT2D eigenvalue weighted by Crippen LogP contribution is 2.35. The fraction of sp³-hybridized carbons (Fsp3) is 0.333. The summed E-state index contributed by atoms with van der Waals surface area (Å²) in [5.74, 6) is 0.333. The van der Waals surface area contributed by atoms with Crippen LogP contribution in [-0.2, 0) is 0 Å². The van der Waals surface area contributed by atoms with Gasteiger partial charge in [-0.05, 0) is 60.7 Å². The summed E-state index contributed by atoms with van der Waals surface area (Å²) < 4.78 is 0. The van der Waals surface area contributed by atoms with Gasteiger partial charge in [0.05, 0.1) is 6.10 Å². The number of aliphatic hydroxyl groups excluding tert-OH is 1. The van der Waals surface area contributed by atoms with Crippen LogP contribution in [0.1, 0.15) is 24.5 Å². The van der Waals surface area contributed by atoms with Gasteiger partial charge < -0.3 is 10.4 Å². The molecule has 0 saturated carbocycles. The lowest BCUT2D eigenvalue weighted by Crippen LogP contribution is -2.31. The van der Waals surface area contributed by atoms with Gasteiger partial charge >= 0.3 is 0 Å². The van der Waals surface area contributed by atoms with E-state index in [2.05, 4.69) is 11.4 Å². The number of rotatable bonds is 3. The number of benzene rings is 2. The van der Waals surface area contributed by atoms with E-state index in [1.807, 2.05) is 42.5 Å². The Bertz CT molecular complexity index is 590. The van der Waals surface area contributed by atoms with E-state index in [-0.39, 0.29) is 0 Å². The normalized spacial score (nSPS) is 17.6. The molecule has 0 unspecified atom stereocenters. The quantitative estimate of drug-likeness (QED) is 0.897. The molecule has 2 nitrogen and oxygen atoms in total. The van der Waals surface area contributed by atoms with E-state index in [9.17, 15) is 5.11 Å². The van der Waals surface area contributed by atoms with Crippen LogP contribution in [-0.4, -0.2) is 18.2 Å². The lowest BCUT2D eigenvalue weighted by molar-refractivity contribution is 0.0894. The predicted molar refractivity (Wildman–Crippen MR) is 87.4 cm³/mol. The second-order valence-corrected chi connectivity index (χ2v) is 6.06. The van der Waals surface area contributed by atoms with Crippen LogP contribution in [0.15, 0.2) is 48.5 Å². The van der Waals surface area contributed by atoms with Crippen LogP contribution in [0.5, 0.6) is 0 Å². The topological polar surface area (TPSA) is 32.3 Å². The maximum absolute atomic E-state index is 10.8. The minimum Gasteiger partial charge on any atom is -0.388 e. The number of halogens is 1. The Labute approximate surface area is 130 Å². The molecule has 0 amide bonds. The molecule has 2 aromatic carbocycles. The molecule has 0 aliphatic carbocycles. The molecule has 3 heteroatoms. The Hall–Kier alpha value is -1.35. The van der Waals surface area contributed by atoms with Gasteiger partial charge in [-0.1, -0.05) is 48.0 Å². The van der Waals surface area contributed by atoms with Crippen molar-refractivity contribution in [3.05, 3.63) is 59.1 Å². The Balaban J connectivity index is 1.93. The number of hydrogen-bond donors (Lipinski definition) is 2. The molecule has 1 fully saturated rings. The highest BCUT2D eigenvalue weighted by Gasteiger charge is 2.24. The van der Waals surface area contributed by atoms with Crippen molar-refractivity contribution in [1.82, 2.24) is 5.32 Å². The molecule has 110 valence electrons. The van der Waals surface area contributed by atoms with Crippen LogP contribution in [0.25, 0.3) is 11.1 Å². The molecule has 1 aliphatic heterocycles. The second-order valence-electron chi connectivity index (χ2n) is 5.63. The summed E-state index contributed by atoms with van der Waals surface area (Å²) in [6.45, 7) is 1.98. The van der Waals surface area contributed by atoms with Crippen molar-refractivity contribution in [3.8, 4) is 11.1 Å². The minimum absolute atomic E-state index is 0.333. The first-order valence-corrected chi connectivity index (χ1v) is 7.87. The van der Waals surface area contributed by atoms with Gasteiger partial charge in [-0.25, -0.2) is 0 Å². The summed E-state index contributed by atoms with van der Waals surface area (Å²) in [4.78, 5) is 0. The van der Waals surface area contributed by atoms with Crippen molar-refractivity contribution in [1.29, 1.82) is 0 Å². The average Bonchev–Trinajstić information content (AvgIpc) is 2.56. The molecule has 1 aliphatic rings. The zero-order valence-electron chi connectivity index (χ0n) is 11.9. The van der Waals surface area contributed by atoms with Crippen molar-refractivity contribution < 1.29 is 5.11 Å². The monoisotopic (exact) mass is 301 g/mol. The number of nitrogens with one attached hydrogen (secondary N) is 1. The molecule has 0 spiro atoms. The van der Waals surface area contributed by atoms with E-state index in [0.29, 0.717) is 5.92 Å². The van der Waals surface area contributed by atoms with Crippen LogP contribution in [0, 0.1) is 5.92 Å². The molecule has 2 aromatic rings. The maximum Gasteiger partial charge on any atom is 0.0825 e. The molecule has 1 heterocycles. The molecule has 21 heavy (non-hydrogen) atoms. The van der Waals surface area contributed by atoms with Gasteiger partial charge in [0.15, 0.2) is 0 Å². The SMILES string of the molecule is O[C@@H](c1ccccc1-c1ccc(Cl)cc1)C1CCNCC1. The Morgan fingerprint density at radius 2 is 1.67 bits per heavy atom. The van der Waals surface area contributed by atoms with E-state index >= 15 is 0 Å². The van der Waals surface area contributed by atoms with E-state index in [0.717, 1.165) is 47.6 Å². The van der Waals surface area contributed by atoms with Crippen LogP contribution < -0.4 is 5.32 Å². The van der Waals surface area contributed by atoms with Crippen LogP contribution in [0.4, 0.5) is 0 Å². The molecule has 1 atom stereocenters. The zero-order valence-corrected chi connectivity index (χ0v) is 12.7. The first-order chi connectivity index (χ1) is 10.3. The van der Waals surface area contributed by atoms with E-state index < -0.39 is 6.10 Å². The van der Waals surface area contributed by atoms with Crippen molar-refractivity contribution >= 4 is 11.6 Å². The van der Waals surface area contributed by atoms with E-state index in [4.69, 9.17) is 11.6 Å². The van der Waals surface area contributed by atoms with Gasteiger partial charge in [-0.3, -0.25) is 0 Å². The molecule has 0 radical (unpaired) electrons. The summed E-state index contributed by atoms with van der Waals surface area (Å²) in [6.07, 6.45) is 1.64. The average molecular weight is 302 g/mol. The van der Waals surface area contributed by atoms with Gasteiger partial charge in [-0.2, -0.15) is 0 Å². The summed E-state index contributed by atoms with van der Waals surface area (Å²) in [5, 5.41) is 14.9. The zero-order chi connectivity index (χ0) is 14.7.